The van der Waals surface area contributed by atoms with Crippen LogP contribution in [0.25, 0.3) is 11.1 Å². The monoisotopic (exact) mass is 191 g/mol. The maximum atomic E-state index is 11.3. The molecule has 14 heavy (non-hydrogen) atoms. The van der Waals surface area contributed by atoms with E-state index in [2.05, 4.69) is 5.16 Å². The van der Waals surface area contributed by atoms with E-state index >= 15 is 0 Å². The number of para-hydroxylation sites is 1. The highest BCUT2D eigenvalue weighted by Crippen LogP contribution is 2.27. The van der Waals surface area contributed by atoms with Crippen molar-refractivity contribution < 1.29 is 9.63 Å². The lowest BCUT2D eigenvalue weighted by atomic mass is 10.1. The van der Waals surface area contributed by atoms with Gasteiger partial charge in [0.25, 0.3) is 5.56 Å². The third-order valence-electron chi connectivity index (χ3n) is 2.05. The Balaban J connectivity index is 2.72. The minimum Gasteiger partial charge on any atom is -0.507 e. The second kappa shape index (κ2) is 3.06. The first-order valence-electron chi connectivity index (χ1n) is 4.16. The van der Waals surface area contributed by atoms with Crippen molar-refractivity contribution in [3.05, 3.63) is 40.4 Å². The van der Waals surface area contributed by atoms with E-state index in [0.29, 0.717) is 16.9 Å². The normalized spacial score (nSPS) is 10.4. The van der Waals surface area contributed by atoms with Gasteiger partial charge >= 0.3 is 0 Å². The summed E-state index contributed by atoms with van der Waals surface area (Å²) in [4.78, 5) is 11.3. The zero-order valence-electron chi connectivity index (χ0n) is 7.57. The lowest BCUT2D eigenvalue weighted by Gasteiger charge is -1.99. The van der Waals surface area contributed by atoms with Gasteiger partial charge in [0, 0.05) is 5.56 Å². The molecule has 2 N–H and O–H groups in total. The zero-order valence-corrected chi connectivity index (χ0v) is 7.57. The Morgan fingerprint density at radius 3 is 2.64 bits per heavy atom. The molecule has 4 nitrogen and oxygen atoms in total. The van der Waals surface area contributed by atoms with Gasteiger partial charge in [-0.1, -0.05) is 18.2 Å². The fraction of sp³-hybridized carbons (Fsp3) is 0.100. The van der Waals surface area contributed by atoms with E-state index in [1.807, 2.05) is 0 Å². The molecule has 0 atom stereocenters. The van der Waals surface area contributed by atoms with Gasteiger partial charge in [0.05, 0.1) is 5.56 Å². The molecule has 1 aromatic carbocycles. The van der Waals surface area contributed by atoms with Gasteiger partial charge in [0.15, 0.2) is 0 Å². The summed E-state index contributed by atoms with van der Waals surface area (Å²) in [5.74, 6) is 0.541. The molecule has 0 saturated heterocycles. The van der Waals surface area contributed by atoms with E-state index in [1.165, 1.54) is 6.07 Å². The minimum absolute atomic E-state index is 0.0718. The predicted molar refractivity (Wildman–Crippen MR) is 51.2 cm³/mol. The number of nitrogens with one attached hydrogen (secondary N) is 1. The SMILES string of the molecule is Cc1o[nH]c(=O)c1-c1ccccc1O. The number of benzene rings is 1. The van der Waals surface area contributed by atoms with Crippen molar-refractivity contribution in [2.75, 3.05) is 0 Å². The van der Waals surface area contributed by atoms with Gasteiger partial charge in [-0.25, -0.2) is 0 Å². The molecule has 0 aliphatic carbocycles. The molecule has 0 fully saturated rings. The summed E-state index contributed by atoms with van der Waals surface area (Å²) < 4.78 is 4.86. The fourth-order valence-corrected chi connectivity index (χ4v) is 1.38. The smallest absolute Gasteiger partial charge is 0.288 e. The molecular weight excluding hydrogens is 182 g/mol. The Morgan fingerprint density at radius 1 is 1.36 bits per heavy atom. The number of H-pyrrole nitrogens is 1. The third-order valence-corrected chi connectivity index (χ3v) is 2.05. The topological polar surface area (TPSA) is 66.2 Å². The van der Waals surface area contributed by atoms with Crippen LogP contribution in [-0.4, -0.2) is 10.3 Å². The highest BCUT2D eigenvalue weighted by molar-refractivity contribution is 5.70. The maximum absolute atomic E-state index is 11.3. The number of aryl methyl sites for hydroxylation is 1. The standard InChI is InChI=1S/C10H9NO3/c1-6-9(10(13)11-14-6)7-4-2-3-5-8(7)12/h2-5,12H,1H3,(H,11,13). The molecule has 2 rings (SSSR count). The molecule has 0 bridgehead atoms. The molecule has 0 saturated carbocycles. The van der Waals surface area contributed by atoms with Gasteiger partial charge < -0.3 is 9.63 Å². The van der Waals surface area contributed by atoms with Gasteiger partial charge in [0.2, 0.25) is 0 Å². The highest BCUT2D eigenvalue weighted by Gasteiger charge is 2.13. The maximum Gasteiger partial charge on any atom is 0.288 e. The summed E-state index contributed by atoms with van der Waals surface area (Å²) in [5, 5.41) is 11.8. The number of hydrogen-bond donors (Lipinski definition) is 2. The van der Waals surface area contributed by atoms with Crippen LogP contribution in [0, 0.1) is 6.92 Å². The first-order chi connectivity index (χ1) is 6.70. The molecule has 2 aromatic rings. The molecule has 0 aliphatic rings. The molecule has 1 heterocycles. The number of hydrogen-bond acceptors (Lipinski definition) is 3. The summed E-state index contributed by atoms with van der Waals surface area (Å²) in [6.07, 6.45) is 0. The van der Waals surface area contributed by atoms with Crippen molar-refractivity contribution in [2.24, 2.45) is 0 Å². The van der Waals surface area contributed by atoms with Gasteiger partial charge in [-0.05, 0) is 13.0 Å². The summed E-state index contributed by atoms with van der Waals surface area (Å²) in [6, 6.07) is 6.65. The number of aromatic amines is 1. The van der Waals surface area contributed by atoms with E-state index in [9.17, 15) is 9.90 Å². The largest absolute Gasteiger partial charge is 0.507 e. The third kappa shape index (κ3) is 1.21. The van der Waals surface area contributed by atoms with Crippen LogP contribution in [0.1, 0.15) is 5.76 Å². The Morgan fingerprint density at radius 2 is 2.07 bits per heavy atom. The van der Waals surface area contributed by atoms with E-state index in [1.54, 1.807) is 25.1 Å². The first-order valence-corrected chi connectivity index (χ1v) is 4.16. The number of rotatable bonds is 1. The molecule has 0 amide bonds. The number of phenols is 1. The molecular formula is C10H9NO3. The van der Waals surface area contributed by atoms with Crippen molar-refractivity contribution in [3.63, 3.8) is 0 Å². The summed E-state index contributed by atoms with van der Waals surface area (Å²) in [6.45, 7) is 1.67. The fourth-order valence-electron chi connectivity index (χ4n) is 1.38. The van der Waals surface area contributed by atoms with Crippen LogP contribution < -0.4 is 5.56 Å². The second-order valence-electron chi connectivity index (χ2n) is 2.98. The van der Waals surface area contributed by atoms with E-state index < -0.39 is 0 Å². The number of phenolic OH excluding ortho intramolecular Hbond substituents is 1. The molecule has 0 unspecified atom stereocenters. The molecule has 1 aromatic heterocycles. The van der Waals surface area contributed by atoms with Crippen LogP contribution in [-0.2, 0) is 0 Å². The zero-order chi connectivity index (χ0) is 10.1. The first kappa shape index (κ1) is 8.62. The average molecular weight is 191 g/mol. The summed E-state index contributed by atoms with van der Waals surface area (Å²) >= 11 is 0. The van der Waals surface area contributed by atoms with E-state index in [-0.39, 0.29) is 11.3 Å². The minimum atomic E-state index is -0.330. The predicted octanol–water partition coefficient (Wildman–Crippen LogP) is 1.65. The molecule has 0 spiro atoms. The highest BCUT2D eigenvalue weighted by atomic mass is 16.5. The Bertz CT molecular complexity index is 510. The number of aromatic nitrogens is 1. The Hall–Kier alpha value is -1.97. The molecule has 0 aliphatic heterocycles. The van der Waals surface area contributed by atoms with Crippen LogP contribution in [0.2, 0.25) is 0 Å². The van der Waals surface area contributed by atoms with Crippen LogP contribution in [0.5, 0.6) is 5.75 Å². The van der Waals surface area contributed by atoms with Crippen molar-refractivity contribution in [1.29, 1.82) is 0 Å². The quantitative estimate of drug-likeness (QED) is 0.720. The summed E-state index contributed by atoms with van der Waals surface area (Å²) in [5.41, 5.74) is 0.534. The van der Waals surface area contributed by atoms with Crippen molar-refractivity contribution in [3.8, 4) is 16.9 Å². The van der Waals surface area contributed by atoms with Crippen LogP contribution in [0.4, 0.5) is 0 Å². The van der Waals surface area contributed by atoms with Gasteiger partial charge in [0.1, 0.15) is 11.5 Å². The lowest BCUT2D eigenvalue weighted by Crippen LogP contribution is -2.01. The van der Waals surface area contributed by atoms with Gasteiger partial charge in [-0.3, -0.25) is 4.79 Å². The van der Waals surface area contributed by atoms with Crippen LogP contribution >= 0.6 is 0 Å². The molecule has 72 valence electrons. The van der Waals surface area contributed by atoms with E-state index in [4.69, 9.17) is 4.52 Å². The Labute approximate surface area is 79.8 Å². The van der Waals surface area contributed by atoms with Gasteiger partial charge in [-0.15, -0.1) is 0 Å². The molecule has 4 heteroatoms. The van der Waals surface area contributed by atoms with Gasteiger partial charge in [-0.2, -0.15) is 5.16 Å². The van der Waals surface area contributed by atoms with Crippen LogP contribution in [0.3, 0.4) is 0 Å². The second-order valence-corrected chi connectivity index (χ2v) is 2.98. The van der Waals surface area contributed by atoms with E-state index in [0.717, 1.165) is 0 Å². The van der Waals surface area contributed by atoms with Crippen molar-refractivity contribution in [1.82, 2.24) is 5.16 Å². The van der Waals surface area contributed by atoms with Crippen LogP contribution in [0.15, 0.2) is 33.6 Å². The average Bonchev–Trinajstić information content (AvgIpc) is 2.48. The van der Waals surface area contributed by atoms with Crippen molar-refractivity contribution in [2.45, 2.75) is 6.92 Å². The van der Waals surface area contributed by atoms with Crippen molar-refractivity contribution >= 4 is 0 Å². The lowest BCUT2D eigenvalue weighted by molar-refractivity contribution is 0.392. The summed E-state index contributed by atoms with van der Waals surface area (Å²) in [7, 11) is 0. The number of aromatic hydroxyl groups is 1. The Kier molecular flexibility index (Phi) is 1.89. The molecule has 0 radical (unpaired) electrons.